The highest BCUT2D eigenvalue weighted by atomic mass is 19.1. The molecule has 2 unspecified atom stereocenters. The number of β-amino-alcohol motifs (C(OH)–C–C–N with tert-alkyl or cyclic N) is 1. The van der Waals surface area contributed by atoms with Gasteiger partial charge in [-0.15, -0.1) is 0 Å². The zero-order valence-corrected chi connectivity index (χ0v) is 9.01. The van der Waals surface area contributed by atoms with Crippen LogP contribution in [0, 0.1) is 11.7 Å². The Bertz CT molecular complexity index is 359. The van der Waals surface area contributed by atoms with E-state index in [0.29, 0.717) is 25.2 Å². The molecule has 1 heterocycles. The third kappa shape index (κ3) is 2.40. The average Bonchev–Trinajstić information content (AvgIpc) is 2.62. The lowest BCUT2D eigenvalue weighted by atomic mass is 10.1. The Kier molecular flexibility index (Phi) is 3.53. The van der Waals surface area contributed by atoms with E-state index in [1.807, 2.05) is 4.90 Å². The monoisotopic (exact) mass is 225 g/mol. The quantitative estimate of drug-likeness (QED) is 0.792. The van der Waals surface area contributed by atoms with Gasteiger partial charge in [-0.05, 0) is 6.07 Å². The van der Waals surface area contributed by atoms with Gasteiger partial charge in [0.1, 0.15) is 5.82 Å². The van der Waals surface area contributed by atoms with Crippen LogP contribution < -0.4 is 0 Å². The first-order valence-electron chi connectivity index (χ1n) is 5.45. The van der Waals surface area contributed by atoms with Crippen LogP contribution in [0.4, 0.5) is 4.39 Å². The molecule has 1 saturated heterocycles. The summed E-state index contributed by atoms with van der Waals surface area (Å²) in [4.78, 5) is 1.96. The Labute approximate surface area is 94.1 Å². The lowest BCUT2D eigenvalue weighted by Crippen LogP contribution is -2.21. The van der Waals surface area contributed by atoms with Crippen molar-refractivity contribution in [1.82, 2.24) is 4.90 Å². The van der Waals surface area contributed by atoms with Crippen LogP contribution in [0.25, 0.3) is 0 Å². The molecule has 1 fully saturated rings. The summed E-state index contributed by atoms with van der Waals surface area (Å²) in [5.74, 6) is -0.323. The molecule has 0 aliphatic carbocycles. The van der Waals surface area contributed by atoms with Crippen molar-refractivity contribution in [1.29, 1.82) is 0 Å². The number of hydrogen-bond acceptors (Lipinski definition) is 3. The van der Waals surface area contributed by atoms with Gasteiger partial charge in [0.25, 0.3) is 0 Å². The van der Waals surface area contributed by atoms with Crippen LogP contribution in [-0.2, 0) is 6.54 Å². The van der Waals surface area contributed by atoms with E-state index < -0.39 is 6.10 Å². The van der Waals surface area contributed by atoms with Crippen molar-refractivity contribution in [2.75, 3.05) is 19.7 Å². The molecule has 0 bridgehead atoms. The van der Waals surface area contributed by atoms with E-state index in [0.717, 1.165) is 0 Å². The van der Waals surface area contributed by atoms with Gasteiger partial charge in [0.05, 0.1) is 6.10 Å². The second-order valence-electron chi connectivity index (χ2n) is 4.30. The zero-order chi connectivity index (χ0) is 11.5. The summed E-state index contributed by atoms with van der Waals surface area (Å²) in [6.07, 6.45) is -0.503. The van der Waals surface area contributed by atoms with E-state index in [-0.39, 0.29) is 18.3 Å². The van der Waals surface area contributed by atoms with Crippen LogP contribution in [0.1, 0.15) is 5.56 Å². The number of aliphatic hydroxyl groups excluding tert-OH is 2. The van der Waals surface area contributed by atoms with Crippen molar-refractivity contribution in [3.8, 4) is 0 Å². The average molecular weight is 225 g/mol. The molecular weight excluding hydrogens is 209 g/mol. The molecular formula is C12H16FNO2. The van der Waals surface area contributed by atoms with Crippen LogP contribution in [0.5, 0.6) is 0 Å². The van der Waals surface area contributed by atoms with Crippen molar-refractivity contribution < 1.29 is 14.6 Å². The molecule has 4 heteroatoms. The van der Waals surface area contributed by atoms with Crippen LogP contribution >= 0.6 is 0 Å². The molecule has 2 atom stereocenters. The summed E-state index contributed by atoms with van der Waals surface area (Å²) in [6.45, 7) is 1.58. The lowest BCUT2D eigenvalue weighted by molar-refractivity contribution is 0.103. The van der Waals surface area contributed by atoms with Gasteiger partial charge in [-0.3, -0.25) is 4.90 Å². The highest BCUT2D eigenvalue weighted by molar-refractivity contribution is 5.17. The summed E-state index contributed by atoms with van der Waals surface area (Å²) >= 11 is 0. The maximum absolute atomic E-state index is 13.4. The predicted molar refractivity (Wildman–Crippen MR) is 58.3 cm³/mol. The van der Waals surface area contributed by atoms with E-state index in [9.17, 15) is 9.50 Å². The van der Waals surface area contributed by atoms with Gasteiger partial charge >= 0.3 is 0 Å². The minimum atomic E-state index is -0.503. The molecule has 1 aliphatic rings. The maximum Gasteiger partial charge on any atom is 0.127 e. The molecule has 88 valence electrons. The van der Waals surface area contributed by atoms with Crippen LogP contribution in [0.3, 0.4) is 0 Å². The van der Waals surface area contributed by atoms with Gasteiger partial charge in [-0.25, -0.2) is 4.39 Å². The lowest BCUT2D eigenvalue weighted by Gasteiger charge is -2.15. The van der Waals surface area contributed by atoms with Gasteiger partial charge in [0.2, 0.25) is 0 Å². The van der Waals surface area contributed by atoms with Gasteiger partial charge in [-0.2, -0.15) is 0 Å². The third-order valence-corrected chi connectivity index (χ3v) is 3.07. The molecule has 0 radical (unpaired) electrons. The Balaban J connectivity index is 1.99. The minimum Gasteiger partial charge on any atom is -0.396 e. The van der Waals surface area contributed by atoms with Crippen molar-refractivity contribution in [3.05, 3.63) is 35.6 Å². The molecule has 2 N–H and O–H groups in total. The van der Waals surface area contributed by atoms with E-state index >= 15 is 0 Å². The van der Waals surface area contributed by atoms with Gasteiger partial charge < -0.3 is 10.2 Å². The SMILES string of the molecule is OCC1CN(Cc2ccccc2F)CC1O. The van der Waals surface area contributed by atoms with Crippen LogP contribution in [0.15, 0.2) is 24.3 Å². The predicted octanol–water partition coefficient (Wildman–Crippen LogP) is 0.611. The summed E-state index contributed by atoms with van der Waals surface area (Å²) in [6, 6.07) is 6.64. The van der Waals surface area contributed by atoms with E-state index in [1.165, 1.54) is 6.07 Å². The number of likely N-dealkylation sites (tertiary alicyclic amines) is 1. The summed E-state index contributed by atoms with van der Waals surface area (Å²) in [5.41, 5.74) is 0.633. The normalized spacial score (nSPS) is 26.2. The highest BCUT2D eigenvalue weighted by Gasteiger charge is 2.30. The largest absolute Gasteiger partial charge is 0.396 e. The van der Waals surface area contributed by atoms with E-state index in [2.05, 4.69) is 0 Å². The third-order valence-electron chi connectivity index (χ3n) is 3.07. The van der Waals surface area contributed by atoms with E-state index in [1.54, 1.807) is 18.2 Å². The van der Waals surface area contributed by atoms with Crippen molar-refractivity contribution >= 4 is 0 Å². The van der Waals surface area contributed by atoms with Gasteiger partial charge in [0, 0.05) is 37.7 Å². The van der Waals surface area contributed by atoms with E-state index in [4.69, 9.17) is 5.11 Å². The van der Waals surface area contributed by atoms with Crippen LogP contribution in [0.2, 0.25) is 0 Å². The molecule has 16 heavy (non-hydrogen) atoms. The topological polar surface area (TPSA) is 43.7 Å². The number of hydrogen-bond donors (Lipinski definition) is 2. The maximum atomic E-state index is 13.4. The molecule has 3 nitrogen and oxygen atoms in total. The number of benzene rings is 1. The molecule has 2 rings (SSSR count). The molecule has 0 saturated carbocycles. The Morgan fingerprint density at radius 3 is 2.69 bits per heavy atom. The highest BCUT2D eigenvalue weighted by Crippen LogP contribution is 2.19. The zero-order valence-electron chi connectivity index (χ0n) is 9.01. The minimum absolute atomic E-state index is 0.0189. The Hall–Kier alpha value is -0.970. The molecule has 0 spiro atoms. The number of halogens is 1. The molecule has 0 aromatic heterocycles. The van der Waals surface area contributed by atoms with Crippen LogP contribution in [-0.4, -0.2) is 40.9 Å². The first-order valence-corrected chi connectivity index (χ1v) is 5.45. The fourth-order valence-corrected chi connectivity index (χ4v) is 2.12. The smallest absolute Gasteiger partial charge is 0.127 e. The van der Waals surface area contributed by atoms with Gasteiger partial charge in [0.15, 0.2) is 0 Å². The standard InChI is InChI=1S/C12H16FNO2/c13-11-4-2-1-3-9(11)5-14-6-10(8-15)12(16)7-14/h1-4,10,12,15-16H,5-8H2. The first-order chi connectivity index (χ1) is 7.70. The summed E-state index contributed by atoms with van der Waals surface area (Å²) in [5, 5.41) is 18.6. The summed E-state index contributed by atoms with van der Waals surface area (Å²) < 4.78 is 13.4. The molecule has 0 amide bonds. The van der Waals surface area contributed by atoms with Gasteiger partial charge in [-0.1, -0.05) is 18.2 Å². The second kappa shape index (κ2) is 4.91. The number of nitrogens with zero attached hydrogens (tertiary/aromatic N) is 1. The summed E-state index contributed by atoms with van der Waals surface area (Å²) in [7, 11) is 0. The first kappa shape index (κ1) is 11.5. The second-order valence-corrected chi connectivity index (χ2v) is 4.30. The number of rotatable bonds is 3. The van der Waals surface area contributed by atoms with Crippen molar-refractivity contribution in [2.45, 2.75) is 12.6 Å². The molecule has 1 aliphatic heterocycles. The van der Waals surface area contributed by atoms with Crippen molar-refractivity contribution in [3.63, 3.8) is 0 Å². The Morgan fingerprint density at radius 2 is 2.06 bits per heavy atom. The fraction of sp³-hybridized carbons (Fsp3) is 0.500. The Morgan fingerprint density at radius 1 is 1.31 bits per heavy atom. The number of aliphatic hydroxyl groups is 2. The molecule has 1 aromatic rings. The van der Waals surface area contributed by atoms with Crippen molar-refractivity contribution in [2.24, 2.45) is 5.92 Å². The fourth-order valence-electron chi connectivity index (χ4n) is 2.12. The molecule has 1 aromatic carbocycles.